The van der Waals surface area contributed by atoms with E-state index in [0.717, 1.165) is 5.56 Å². The molecule has 0 saturated carbocycles. The number of hydrogen-bond donors (Lipinski definition) is 3. The van der Waals surface area contributed by atoms with Crippen molar-refractivity contribution in [1.82, 2.24) is 4.90 Å². The lowest BCUT2D eigenvalue weighted by molar-refractivity contribution is -0.0409. The number of carboxylic acid groups (broad SMARTS) is 1. The maximum Gasteiger partial charge on any atom is 0.410 e. The summed E-state index contributed by atoms with van der Waals surface area (Å²) in [5.74, 6) is 0. The first-order chi connectivity index (χ1) is 13.7. The van der Waals surface area contributed by atoms with Gasteiger partial charge in [-0.3, -0.25) is 4.90 Å². The fraction of sp³-hybridized carbons (Fsp3) is 0.238. The molecule has 0 spiro atoms. The summed E-state index contributed by atoms with van der Waals surface area (Å²) in [6, 6.07) is 13.3. The van der Waals surface area contributed by atoms with Crippen LogP contribution in [0.2, 0.25) is 5.02 Å². The first-order valence-electron chi connectivity index (χ1n) is 9.03. The van der Waals surface area contributed by atoms with Gasteiger partial charge in [-0.05, 0) is 55.8 Å². The number of anilines is 2. The Balaban J connectivity index is 1.58. The summed E-state index contributed by atoms with van der Waals surface area (Å²) in [4.78, 5) is 24.9. The van der Waals surface area contributed by atoms with Crippen LogP contribution in [0.4, 0.5) is 21.0 Å². The number of carbonyl (C=O) groups is 2. The van der Waals surface area contributed by atoms with Crippen LogP contribution in [0.5, 0.6) is 0 Å². The Bertz CT molecular complexity index is 911. The van der Waals surface area contributed by atoms with E-state index in [1.54, 1.807) is 56.3 Å². The van der Waals surface area contributed by atoms with Crippen LogP contribution in [0, 0.1) is 0 Å². The molecule has 1 aliphatic heterocycles. The Morgan fingerprint density at radius 1 is 1.10 bits per heavy atom. The van der Waals surface area contributed by atoms with Gasteiger partial charge >= 0.3 is 12.1 Å². The molecule has 0 radical (unpaired) electrons. The van der Waals surface area contributed by atoms with Gasteiger partial charge in [-0.2, -0.15) is 0 Å². The van der Waals surface area contributed by atoms with Crippen molar-refractivity contribution in [2.75, 3.05) is 17.2 Å². The summed E-state index contributed by atoms with van der Waals surface area (Å²) < 4.78 is 5.57. The summed E-state index contributed by atoms with van der Waals surface area (Å²) in [6.45, 7) is 3.76. The fourth-order valence-corrected chi connectivity index (χ4v) is 3.20. The first kappa shape index (κ1) is 20.7. The molecule has 2 aromatic rings. The highest BCUT2D eigenvalue weighted by molar-refractivity contribution is 6.30. The van der Waals surface area contributed by atoms with Gasteiger partial charge in [0.2, 0.25) is 0 Å². The van der Waals surface area contributed by atoms with Crippen molar-refractivity contribution >= 4 is 41.2 Å². The monoisotopic (exact) mass is 415 g/mol. The van der Waals surface area contributed by atoms with E-state index in [1.807, 2.05) is 18.2 Å². The van der Waals surface area contributed by atoms with Crippen LogP contribution in [-0.2, 0) is 4.74 Å². The SMILES string of the molecule is CC1(C)OC[C@H](/C=C/c2ccc(NC(=O)Nc3ccc(Cl)cc3)cc2)N1C(=O)O. The summed E-state index contributed by atoms with van der Waals surface area (Å²) in [5, 5.41) is 15.5. The van der Waals surface area contributed by atoms with Crippen LogP contribution >= 0.6 is 11.6 Å². The summed E-state index contributed by atoms with van der Waals surface area (Å²) in [5.41, 5.74) is 1.29. The van der Waals surface area contributed by atoms with Crippen LogP contribution in [0.15, 0.2) is 54.6 Å². The van der Waals surface area contributed by atoms with E-state index < -0.39 is 11.8 Å². The lowest BCUT2D eigenvalue weighted by Crippen LogP contribution is -2.46. The van der Waals surface area contributed by atoms with Crippen molar-refractivity contribution in [3.8, 4) is 0 Å². The molecule has 1 fully saturated rings. The second kappa shape index (κ2) is 8.55. The average molecular weight is 416 g/mol. The molecular formula is C21H22ClN3O4. The van der Waals surface area contributed by atoms with Crippen molar-refractivity contribution < 1.29 is 19.4 Å². The Kier molecular flexibility index (Phi) is 6.10. The standard InChI is InChI=1S/C21H22ClN3O4/c1-21(2)25(20(27)28)18(13-29-21)12-5-14-3-8-16(9-4-14)23-19(26)24-17-10-6-15(22)7-11-17/h3-12,18H,13H2,1-2H3,(H,27,28)(H2,23,24,26)/b12-5+/t18-/m0/s1. The van der Waals surface area contributed by atoms with Crippen LogP contribution in [0.1, 0.15) is 19.4 Å². The molecule has 3 N–H and O–H groups in total. The predicted molar refractivity (Wildman–Crippen MR) is 113 cm³/mol. The number of amides is 3. The molecule has 3 amide bonds. The molecule has 2 aromatic carbocycles. The summed E-state index contributed by atoms with van der Waals surface area (Å²) in [6.07, 6.45) is 2.62. The summed E-state index contributed by atoms with van der Waals surface area (Å²) in [7, 11) is 0. The number of urea groups is 1. The zero-order chi connectivity index (χ0) is 21.0. The highest BCUT2D eigenvalue weighted by atomic mass is 35.5. The number of ether oxygens (including phenoxy) is 1. The van der Waals surface area contributed by atoms with E-state index in [2.05, 4.69) is 10.6 Å². The Labute approximate surface area is 173 Å². The maximum absolute atomic E-state index is 12.1. The minimum atomic E-state index is -1.02. The van der Waals surface area contributed by atoms with Gasteiger partial charge in [-0.25, -0.2) is 9.59 Å². The molecule has 29 heavy (non-hydrogen) atoms. The van der Waals surface area contributed by atoms with Crippen LogP contribution in [0.3, 0.4) is 0 Å². The van der Waals surface area contributed by atoms with E-state index in [-0.39, 0.29) is 12.1 Å². The largest absolute Gasteiger partial charge is 0.465 e. The zero-order valence-electron chi connectivity index (χ0n) is 16.1. The van der Waals surface area contributed by atoms with Gasteiger partial charge in [0.05, 0.1) is 12.6 Å². The smallest absolute Gasteiger partial charge is 0.410 e. The molecule has 0 bridgehead atoms. The van der Waals surface area contributed by atoms with Gasteiger partial charge in [0.15, 0.2) is 0 Å². The Hall–Kier alpha value is -3.03. The van der Waals surface area contributed by atoms with Gasteiger partial charge in [0.1, 0.15) is 5.72 Å². The Morgan fingerprint density at radius 3 is 2.21 bits per heavy atom. The molecule has 152 valence electrons. The predicted octanol–water partition coefficient (Wildman–Crippen LogP) is 5.11. The highest BCUT2D eigenvalue weighted by Gasteiger charge is 2.42. The number of halogens is 1. The molecule has 1 heterocycles. The van der Waals surface area contributed by atoms with E-state index in [0.29, 0.717) is 23.0 Å². The van der Waals surface area contributed by atoms with Crippen LogP contribution < -0.4 is 10.6 Å². The number of nitrogens with zero attached hydrogens (tertiary/aromatic N) is 1. The lowest BCUT2D eigenvalue weighted by Gasteiger charge is -2.29. The molecule has 0 unspecified atom stereocenters. The van der Waals surface area contributed by atoms with E-state index in [4.69, 9.17) is 16.3 Å². The van der Waals surface area contributed by atoms with Gasteiger partial charge in [-0.15, -0.1) is 0 Å². The van der Waals surface area contributed by atoms with E-state index >= 15 is 0 Å². The normalized spacial score (nSPS) is 18.0. The third kappa shape index (κ3) is 5.28. The van der Waals surface area contributed by atoms with E-state index in [9.17, 15) is 14.7 Å². The van der Waals surface area contributed by atoms with Crippen LogP contribution in [0.25, 0.3) is 6.08 Å². The van der Waals surface area contributed by atoms with Crippen LogP contribution in [-0.4, -0.2) is 40.5 Å². The van der Waals surface area contributed by atoms with Crippen molar-refractivity contribution in [2.24, 2.45) is 0 Å². The molecule has 3 rings (SSSR count). The first-order valence-corrected chi connectivity index (χ1v) is 9.40. The third-order valence-corrected chi connectivity index (χ3v) is 4.76. The number of benzene rings is 2. The summed E-state index contributed by atoms with van der Waals surface area (Å²) >= 11 is 5.82. The van der Waals surface area contributed by atoms with Gasteiger partial charge < -0.3 is 20.5 Å². The number of nitrogens with one attached hydrogen (secondary N) is 2. The molecular weight excluding hydrogens is 394 g/mol. The second-order valence-corrected chi connectivity index (χ2v) is 7.48. The average Bonchev–Trinajstić information content (AvgIpc) is 2.97. The molecule has 0 aliphatic carbocycles. The maximum atomic E-state index is 12.1. The topological polar surface area (TPSA) is 90.9 Å². The minimum Gasteiger partial charge on any atom is -0.465 e. The zero-order valence-corrected chi connectivity index (χ0v) is 16.8. The number of hydrogen-bond acceptors (Lipinski definition) is 3. The van der Waals surface area contributed by atoms with Crippen molar-refractivity contribution in [3.05, 3.63) is 65.2 Å². The number of rotatable bonds is 4. The Morgan fingerprint density at radius 2 is 1.66 bits per heavy atom. The van der Waals surface area contributed by atoms with Crippen molar-refractivity contribution in [2.45, 2.75) is 25.6 Å². The third-order valence-electron chi connectivity index (χ3n) is 4.51. The minimum absolute atomic E-state index is 0.306. The highest BCUT2D eigenvalue weighted by Crippen LogP contribution is 2.28. The van der Waals surface area contributed by atoms with Gasteiger partial charge in [0, 0.05) is 16.4 Å². The van der Waals surface area contributed by atoms with Crippen molar-refractivity contribution in [3.63, 3.8) is 0 Å². The molecule has 7 nitrogen and oxygen atoms in total. The second-order valence-electron chi connectivity index (χ2n) is 7.04. The van der Waals surface area contributed by atoms with E-state index in [1.165, 1.54) is 4.90 Å². The quantitative estimate of drug-likeness (QED) is 0.646. The lowest BCUT2D eigenvalue weighted by atomic mass is 10.1. The van der Waals surface area contributed by atoms with Gasteiger partial charge in [-0.1, -0.05) is 35.9 Å². The molecule has 1 aliphatic rings. The van der Waals surface area contributed by atoms with Crippen molar-refractivity contribution in [1.29, 1.82) is 0 Å². The number of carbonyl (C=O) groups excluding carboxylic acids is 1. The van der Waals surface area contributed by atoms with Gasteiger partial charge in [0.25, 0.3) is 0 Å². The fourth-order valence-electron chi connectivity index (χ4n) is 3.07. The molecule has 1 saturated heterocycles. The molecule has 0 aromatic heterocycles. The molecule has 8 heteroatoms. The molecule has 1 atom stereocenters.